The van der Waals surface area contributed by atoms with E-state index in [4.69, 9.17) is 0 Å². The third kappa shape index (κ3) is 1.52. The van der Waals surface area contributed by atoms with Gasteiger partial charge in [-0.1, -0.05) is 6.92 Å². The molecule has 0 amide bonds. The smallest absolute Gasteiger partial charge is 0.135 e. The molecule has 13 heavy (non-hydrogen) atoms. The summed E-state index contributed by atoms with van der Waals surface area (Å²) in [5.74, 6) is 0.878. The second-order valence-corrected chi connectivity index (χ2v) is 4.54. The molecule has 0 aromatic rings. The summed E-state index contributed by atoms with van der Waals surface area (Å²) >= 11 is 0. The molecule has 2 heterocycles. The minimum atomic E-state index is 0.388. The third-order valence-electron chi connectivity index (χ3n) is 3.90. The van der Waals surface area contributed by atoms with Crippen molar-refractivity contribution in [2.24, 2.45) is 5.92 Å². The van der Waals surface area contributed by atoms with Crippen molar-refractivity contribution in [3.8, 4) is 0 Å². The van der Waals surface area contributed by atoms with Crippen LogP contribution < -0.4 is 0 Å². The molecule has 0 aliphatic carbocycles. The Morgan fingerprint density at radius 3 is 2.31 bits per heavy atom. The number of hydrogen-bond donors (Lipinski definition) is 0. The maximum absolute atomic E-state index is 11.6. The minimum Gasteiger partial charge on any atom is -0.300 e. The maximum Gasteiger partial charge on any atom is 0.135 e. The van der Waals surface area contributed by atoms with Gasteiger partial charge in [0.1, 0.15) is 5.78 Å². The van der Waals surface area contributed by atoms with Crippen molar-refractivity contribution in [3.05, 3.63) is 0 Å². The summed E-state index contributed by atoms with van der Waals surface area (Å²) in [6.07, 6.45) is 5.61. The second-order valence-electron chi connectivity index (χ2n) is 4.54. The summed E-state index contributed by atoms with van der Waals surface area (Å²) in [4.78, 5) is 14.1. The molecule has 0 spiro atoms. The molecule has 0 radical (unpaired) electrons. The van der Waals surface area contributed by atoms with Gasteiger partial charge in [-0.15, -0.1) is 0 Å². The Kier molecular flexibility index (Phi) is 2.41. The zero-order valence-electron chi connectivity index (χ0n) is 8.62. The van der Waals surface area contributed by atoms with Crippen LogP contribution in [0.4, 0.5) is 0 Å². The standard InChI is InChI=1S/C11H19NO/c1-3-11(13)8-6-9-4-5-10(7-8)12(9)2/h8-10H,3-7H2,1-2H3. The van der Waals surface area contributed by atoms with Crippen molar-refractivity contribution >= 4 is 5.78 Å². The molecule has 74 valence electrons. The van der Waals surface area contributed by atoms with Gasteiger partial charge in [-0.2, -0.15) is 0 Å². The Labute approximate surface area is 80.3 Å². The van der Waals surface area contributed by atoms with Gasteiger partial charge in [0.15, 0.2) is 0 Å². The normalized spacial score (nSPS) is 39.4. The molecule has 2 bridgehead atoms. The van der Waals surface area contributed by atoms with Crippen molar-refractivity contribution in [1.82, 2.24) is 4.90 Å². The highest BCUT2D eigenvalue weighted by Gasteiger charge is 2.40. The first-order valence-corrected chi connectivity index (χ1v) is 5.47. The lowest BCUT2D eigenvalue weighted by Gasteiger charge is -2.35. The molecule has 2 unspecified atom stereocenters. The number of piperidine rings is 1. The van der Waals surface area contributed by atoms with E-state index in [0.717, 1.165) is 19.3 Å². The van der Waals surface area contributed by atoms with Crippen LogP contribution in [0.3, 0.4) is 0 Å². The largest absolute Gasteiger partial charge is 0.300 e. The van der Waals surface area contributed by atoms with Crippen LogP contribution >= 0.6 is 0 Å². The molecule has 2 atom stereocenters. The molecule has 0 N–H and O–H groups in total. The van der Waals surface area contributed by atoms with Crippen molar-refractivity contribution < 1.29 is 4.79 Å². The van der Waals surface area contributed by atoms with E-state index >= 15 is 0 Å². The van der Waals surface area contributed by atoms with E-state index in [1.807, 2.05) is 6.92 Å². The van der Waals surface area contributed by atoms with E-state index in [2.05, 4.69) is 11.9 Å². The third-order valence-corrected chi connectivity index (χ3v) is 3.90. The van der Waals surface area contributed by atoms with Crippen LogP contribution in [-0.2, 0) is 4.79 Å². The molecule has 2 fully saturated rings. The van der Waals surface area contributed by atoms with Crippen molar-refractivity contribution in [1.29, 1.82) is 0 Å². The number of carbonyl (C=O) groups excluding carboxylic acids is 1. The molecule has 0 saturated carbocycles. The molecular weight excluding hydrogens is 162 g/mol. The molecule has 2 aliphatic rings. The lowest BCUT2D eigenvalue weighted by molar-refractivity contribution is -0.124. The van der Waals surface area contributed by atoms with Crippen LogP contribution in [0, 0.1) is 5.92 Å². The topological polar surface area (TPSA) is 20.3 Å². The number of fused-ring (bicyclic) bond motifs is 2. The second kappa shape index (κ2) is 3.41. The Bertz CT molecular complexity index is 200. The van der Waals surface area contributed by atoms with Crippen LogP contribution in [0.1, 0.15) is 39.0 Å². The molecule has 0 aromatic carbocycles. The number of Topliss-reactive ketones (excluding diaryl/α,β-unsaturated/α-hetero) is 1. The quantitative estimate of drug-likeness (QED) is 0.648. The van der Waals surface area contributed by atoms with Gasteiger partial charge in [-0.25, -0.2) is 0 Å². The number of nitrogens with zero attached hydrogens (tertiary/aromatic N) is 1. The van der Waals surface area contributed by atoms with Gasteiger partial charge in [0, 0.05) is 24.4 Å². The number of carbonyl (C=O) groups is 1. The highest BCUT2D eigenvalue weighted by atomic mass is 16.1. The highest BCUT2D eigenvalue weighted by molar-refractivity contribution is 5.80. The average Bonchev–Trinajstić information content (AvgIpc) is 2.42. The van der Waals surface area contributed by atoms with Crippen LogP contribution in [0.15, 0.2) is 0 Å². The Morgan fingerprint density at radius 1 is 1.31 bits per heavy atom. The molecular formula is C11H19NO. The highest BCUT2D eigenvalue weighted by Crippen LogP contribution is 2.37. The van der Waals surface area contributed by atoms with Crippen molar-refractivity contribution in [2.45, 2.75) is 51.1 Å². The van der Waals surface area contributed by atoms with E-state index < -0.39 is 0 Å². The van der Waals surface area contributed by atoms with Gasteiger partial charge >= 0.3 is 0 Å². The fourth-order valence-corrected chi connectivity index (χ4v) is 2.96. The molecule has 2 rings (SSSR count). The van der Waals surface area contributed by atoms with Crippen LogP contribution in [0.2, 0.25) is 0 Å². The maximum atomic E-state index is 11.6. The van der Waals surface area contributed by atoms with Crippen LogP contribution in [-0.4, -0.2) is 29.8 Å². The Morgan fingerprint density at radius 2 is 1.85 bits per heavy atom. The van der Waals surface area contributed by atoms with E-state index in [0.29, 0.717) is 23.8 Å². The molecule has 2 saturated heterocycles. The first-order chi connectivity index (χ1) is 6.22. The molecule has 2 nitrogen and oxygen atoms in total. The number of hydrogen-bond acceptors (Lipinski definition) is 2. The van der Waals surface area contributed by atoms with E-state index in [1.165, 1.54) is 12.8 Å². The summed E-state index contributed by atoms with van der Waals surface area (Å²) in [6, 6.07) is 1.42. The lowest BCUT2D eigenvalue weighted by atomic mass is 9.87. The molecule has 2 heteroatoms. The predicted molar refractivity (Wildman–Crippen MR) is 52.6 cm³/mol. The fraction of sp³-hybridized carbons (Fsp3) is 0.909. The number of rotatable bonds is 2. The summed E-state index contributed by atoms with van der Waals surface area (Å²) in [5.41, 5.74) is 0. The van der Waals surface area contributed by atoms with Gasteiger partial charge in [0.05, 0.1) is 0 Å². The Balaban J connectivity index is 2.02. The first-order valence-electron chi connectivity index (χ1n) is 5.47. The molecule has 0 aromatic heterocycles. The van der Waals surface area contributed by atoms with E-state index in [9.17, 15) is 4.79 Å². The lowest BCUT2D eigenvalue weighted by Crippen LogP contribution is -2.41. The van der Waals surface area contributed by atoms with Crippen LogP contribution in [0.25, 0.3) is 0 Å². The summed E-state index contributed by atoms with van der Waals surface area (Å²) in [7, 11) is 2.22. The summed E-state index contributed by atoms with van der Waals surface area (Å²) < 4.78 is 0. The van der Waals surface area contributed by atoms with Gasteiger partial charge < -0.3 is 4.90 Å². The minimum absolute atomic E-state index is 0.388. The predicted octanol–water partition coefficient (Wildman–Crippen LogP) is 1.84. The van der Waals surface area contributed by atoms with Crippen LogP contribution in [0.5, 0.6) is 0 Å². The fourth-order valence-electron chi connectivity index (χ4n) is 2.96. The Hall–Kier alpha value is -0.370. The monoisotopic (exact) mass is 181 g/mol. The summed E-state index contributed by atoms with van der Waals surface area (Å²) in [6.45, 7) is 1.99. The van der Waals surface area contributed by atoms with Gasteiger partial charge in [-0.3, -0.25) is 4.79 Å². The van der Waals surface area contributed by atoms with Crippen molar-refractivity contribution in [2.75, 3.05) is 7.05 Å². The average molecular weight is 181 g/mol. The molecule has 2 aliphatic heterocycles. The first kappa shape index (κ1) is 9.20. The number of ketones is 1. The van der Waals surface area contributed by atoms with E-state index in [-0.39, 0.29) is 0 Å². The zero-order valence-corrected chi connectivity index (χ0v) is 8.62. The SMILES string of the molecule is CCC(=O)C1CC2CCC(C1)N2C. The van der Waals surface area contributed by atoms with Crippen molar-refractivity contribution in [3.63, 3.8) is 0 Å². The van der Waals surface area contributed by atoms with E-state index in [1.54, 1.807) is 0 Å². The van der Waals surface area contributed by atoms with Gasteiger partial charge in [-0.05, 0) is 32.7 Å². The summed E-state index contributed by atoms with van der Waals surface area (Å²) in [5, 5.41) is 0. The van der Waals surface area contributed by atoms with Gasteiger partial charge in [0.25, 0.3) is 0 Å². The van der Waals surface area contributed by atoms with Gasteiger partial charge in [0.2, 0.25) is 0 Å². The zero-order chi connectivity index (χ0) is 9.42.